The number of hydrogen-bond acceptors (Lipinski definition) is 6. The smallest absolute Gasteiger partial charge is 0.306 e. The Morgan fingerprint density at radius 3 is 2.62 bits per heavy atom. The number of aliphatic hydroxyl groups excluding tert-OH is 2. The van der Waals surface area contributed by atoms with E-state index in [0.717, 1.165) is 32.1 Å². The first-order chi connectivity index (χ1) is 15.1. The number of allylic oxidation sites excluding steroid dienone is 1. The fraction of sp³-hybridized carbons (Fsp3) is 0.808. The van der Waals surface area contributed by atoms with Crippen molar-refractivity contribution < 1.29 is 29.3 Å². The third kappa shape index (κ3) is 3.32. The minimum Gasteiger partial charge on any atom is -0.450 e. The van der Waals surface area contributed by atoms with Crippen molar-refractivity contribution in [3.05, 3.63) is 11.6 Å². The Kier molecular flexibility index (Phi) is 6.17. The molecule has 0 aromatic carbocycles. The second-order valence-corrected chi connectivity index (χ2v) is 11.1. The molecular weight excluding hydrogens is 408 g/mol. The molecule has 0 radical (unpaired) electrons. The largest absolute Gasteiger partial charge is 0.450 e. The molecule has 2 N–H and O–H groups in total. The Balaban J connectivity index is 1.70. The number of fused-ring (bicyclic) bond motifs is 5. The van der Waals surface area contributed by atoms with Crippen LogP contribution < -0.4 is 0 Å². The average Bonchev–Trinajstić information content (AvgIpc) is 3.04. The third-order valence-electron chi connectivity index (χ3n) is 9.63. The zero-order valence-corrected chi connectivity index (χ0v) is 19.7. The second-order valence-electron chi connectivity index (χ2n) is 11.1. The number of hydrogen-bond donors (Lipinski definition) is 2. The summed E-state index contributed by atoms with van der Waals surface area (Å²) in [4.78, 5) is 37.9. The molecule has 3 fully saturated rings. The molecule has 0 aromatic heterocycles. The Morgan fingerprint density at radius 2 is 1.94 bits per heavy atom. The van der Waals surface area contributed by atoms with E-state index in [1.165, 1.54) is 5.57 Å². The molecule has 0 unspecified atom stereocenters. The maximum absolute atomic E-state index is 13.1. The summed E-state index contributed by atoms with van der Waals surface area (Å²) in [5.41, 5.74) is -1.12. The molecule has 4 aliphatic carbocycles. The fourth-order valence-corrected chi connectivity index (χ4v) is 8.05. The molecule has 0 heterocycles. The molecule has 6 nitrogen and oxygen atoms in total. The Bertz CT molecular complexity index is 832. The number of ketones is 2. The van der Waals surface area contributed by atoms with Crippen molar-refractivity contribution in [3.63, 3.8) is 0 Å². The lowest BCUT2D eigenvalue weighted by molar-refractivity contribution is -0.202. The number of aliphatic hydroxyl groups is 2. The normalized spacial score (nSPS) is 43.0. The van der Waals surface area contributed by atoms with E-state index >= 15 is 0 Å². The van der Waals surface area contributed by atoms with Crippen LogP contribution in [0.3, 0.4) is 0 Å². The van der Waals surface area contributed by atoms with Crippen LogP contribution in [0.15, 0.2) is 11.6 Å². The van der Waals surface area contributed by atoms with Crippen molar-refractivity contribution in [2.24, 2.45) is 28.6 Å². The van der Waals surface area contributed by atoms with Gasteiger partial charge in [-0.1, -0.05) is 32.8 Å². The molecule has 0 bridgehead atoms. The van der Waals surface area contributed by atoms with Crippen LogP contribution in [0.25, 0.3) is 0 Å². The zero-order chi connectivity index (χ0) is 23.3. The molecule has 3 saturated carbocycles. The van der Waals surface area contributed by atoms with Crippen LogP contribution in [0, 0.1) is 28.6 Å². The van der Waals surface area contributed by atoms with Crippen molar-refractivity contribution in [1.82, 2.24) is 0 Å². The van der Waals surface area contributed by atoms with Gasteiger partial charge in [-0.05, 0) is 74.2 Å². The molecule has 178 valence electrons. The van der Waals surface area contributed by atoms with Gasteiger partial charge in [0.2, 0.25) is 5.78 Å². The van der Waals surface area contributed by atoms with Gasteiger partial charge < -0.3 is 14.9 Å². The highest BCUT2D eigenvalue weighted by Gasteiger charge is 2.70. The quantitative estimate of drug-likeness (QED) is 0.606. The van der Waals surface area contributed by atoms with Gasteiger partial charge in [0, 0.05) is 18.3 Å². The lowest BCUT2D eigenvalue weighted by atomic mass is 9.45. The summed E-state index contributed by atoms with van der Waals surface area (Å²) in [6.45, 7) is 5.51. The van der Waals surface area contributed by atoms with Crippen LogP contribution in [0.5, 0.6) is 0 Å². The predicted molar refractivity (Wildman–Crippen MR) is 119 cm³/mol. The van der Waals surface area contributed by atoms with Gasteiger partial charge in [-0.15, -0.1) is 0 Å². The fourth-order valence-electron chi connectivity index (χ4n) is 8.05. The number of Topliss-reactive ketones (excluding diaryl/α,β-unsaturated/α-hetero) is 1. The summed E-state index contributed by atoms with van der Waals surface area (Å²) in [6, 6.07) is 0. The standard InChI is InChI=1S/C26H38O6/c1-4-5-6-22(31)32-26(21(30)15-27)12-10-19-18-8-7-16-13-17(28)9-11-24(16,2)23(18)20(29)14-25(19,26)3/h13,18-20,23,27,29H,4-12,14-15H2,1-3H3/t18-,19-,20+,23+,24-,25-,26-/m0/s1. The number of rotatable bonds is 6. The minimum absolute atomic E-state index is 0.0319. The molecule has 32 heavy (non-hydrogen) atoms. The topological polar surface area (TPSA) is 101 Å². The monoisotopic (exact) mass is 446 g/mol. The molecule has 4 aliphatic rings. The molecule has 0 aliphatic heterocycles. The van der Waals surface area contributed by atoms with Gasteiger partial charge in [-0.3, -0.25) is 14.4 Å². The molecule has 0 aromatic rings. The molecule has 7 atom stereocenters. The molecule has 4 rings (SSSR count). The average molecular weight is 447 g/mol. The van der Waals surface area contributed by atoms with Gasteiger partial charge in [0.05, 0.1) is 6.10 Å². The van der Waals surface area contributed by atoms with Gasteiger partial charge in [0.25, 0.3) is 0 Å². The Labute approximate surface area is 190 Å². The van der Waals surface area contributed by atoms with E-state index in [4.69, 9.17) is 4.74 Å². The molecule has 0 spiro atoms. The molecule has 0 saturated heterocycles. The molecular formula is C26H38O6. The second kappa shape index (κ2) is 8.35. The number of unbranched alkanes of at least 4 members (excludes halogenated alkanes) is 1. The van der Waals surface area contributed by atoms with E-state index in [0.29, 0.717) is 25.7 Å². The number of carbonyl (C=O) groups excluding carboxylic acids is 3. The zero-order valence-electron chi connectivity index (χ0n) is 19.7. The predicted octanol–water partition coefficient (Wildman–Crippen LogP) is 3.52. The van der Waals surface area contributed by atoms with E-state index in [1.807, 2.05) is 19.9 Å². The van der Waals surface area contributed by atoms with Crippen LogP contribution in [0.4, 0.5) is 0 Å². The molecule has 0 amide bonds. The van der Waals surface area contributed by atoms with Crippen LogP contribution in [-0.4, -0.2) is 46.1 Å². The Morgan fingerprint density at radius 1 is 1.19 bits per heavy atom. The summed E-state index contributed by atoms with van der Waals surface area (Å²) in [5.74, 6) is -0.297. The SMILES string of the molecule is CCCCC(=O)O[C@]1(C(=O)CO)CC[C@H]2[C@@H]3CCC4=CC(=O)CC[C@]4(C)[C@H]3[C@H](O)C[C@@]21C. The summed E-state index contributed by atoms with van der Waals surface area (Å²) >= 11 is 0. The van der Waals surface area contributed by atoms with E-state index in [-0.39, 0.29) is 35.4 Å². The summed E-state index contributed by atoms with van der Waals surface area (Å²) in [5, 5.41) is 21.4. The van der Waals surface area contributed by atoms with E-state index in [1.54, 1.807) is 0 Å². The lowest BCUT2D eigenvalue weighted by Crippen LogP contribution is -2.63. The third-order valence-corrected chi connectivity index (χ3v) is 9.63. The van der Waals surface area contributed by atoms with Gasteiger partial charge in [-0.25, -0.2) is 0 Å². The highest BCUT2D eigenvalue weighted by Crippen LogP contribution is 2.68. The van der Waals surface area contributed by atoms with Gasteiger partial charge in [-0.2, -0.15) is 0 Å². The summed E-state index contributed by atoms with van der Waals surface area (Å²) in [6.07, 6.45) is 7.44. The Hall–Kier alpha value is -1.53. The van der Waals surface area contributed by atoms with E-state index in [9.17, 15) is 24.6 Å². The maximum atomic E-state index is 13.1. The van der Waals surface area contributed by atoms with Crippen molar-refractivity contribution in [3.8, 4) is 0 Å². The van der Waals surface area contributed by atoms with Crippen LogP contribution >= 0.6 is 0 Å². The van der Waals surface area contributed by atoms with Crippen molar-refractivity contribution in [2.75, 3.05) is 6.61 Å². The van der Waals surface area contributed by atoms with Crippen molar-refractivity contribution >= 4 is 17.5 Å². The van der Waals surface area contributed by atoms with E-state index < -0.39 is 35.5 Å². The highest BCUT2D eigenvalue weighted by molar-refractivity contribution is 5.92. The first-order valence-corrected chi connectivity index (χ1v) is 12.4. The van der Waals surface area contributed by atoms with Crippen LogP contribution in [0.2, 0.25) is 0 Å². The van der Waals surface area contributed by atoms with Crippen LogP contribution in [0.1, 0.15) is 85.0 Å². The first kappa shape index (κ1) is 23.6. The number of carbonyl (C=O) groups is 3. The molecule has 6 heteroatoms. The lowest BCUT2D eigenvalue weighted by Gasteiger charge is -2.60. The number of esters is 1. The van der Waals surface area contributed by atoms with Gasteiger partial charge >= 0.3 is 5.97 Å². The van der Waals surface area contributed by atoms with Crippen molar-refractivity contribution in [2.45, 2.75) is 96.7 Å². The maximum Gasteiger partial charge on any atom is 0.306 e. The highest BCUT2D eigenvalue weighted by atomic mass is 16.6. The summed E-state index contributed by atoms with van der Waals surface area (Å²) in [7, 11) is 0. The first-order valence-electron chi connectivity index (χ1n) is 12.4. The van der Waals surface area contributed by atoms with Crippen LogP contribution in [-0.2, 0) is 19.1 Å². The van der Waals surface area contributed by atoms with Crippen molar-refractivity contribution in [1.29, 1.82) is 0 Å². The minimum atomic E-state index is -1.37. The van der Waals surface area contributed by atoms with E-state index in [2.05, 4.69) is 6.92 Å². The summed E-state index contributed by atoms with van der Waals surface area (Å²) < 4.78 is 5.98. The number of ether oxygens (including phenoxy) is 1. The van der Waals surface area contributed by atoms with Gasteiger partial charge in [0.15, 0.2) is 11.4 Å². The van der Waals surface area contributed by atoms with Gasteiger partial charge in [0.1, 0.15) is 6.61 Å².